The molecule has 0 nitrogen and oxygen atoms in total. The Hall–Kier alpha value is -0.140. The van der Waals surface area contributed by atoms with Crippen molar-refractivity contribution < 1.29 is 8.78 Å². The summed E-state index contributed by atoms with van der Waals surface area (Å²) < 4.78 is 23.4. The summed E-state index contributed by atoms with van der Waals surface area (Å²) >= 11 is 0. The highest BCUT2D eigenvalue weighted by Crippen LogP contribution is 2.27. The third-order valence-corrected chi connectivity index (χ3v) is 2.00. The van der Waals surface area contributed by atoms with Gasteiger partial charge in [0.2, 0.25) is 6.43 Å². The lowest BCUT2D eigenvalue weighted by atomic mass is 9.85. The summed E-state index contributed by atoms with van der Waals surface area (Å²) in [5.41, 5.74) is 0.0937. The molecular formula is C8H16F2. The van der Waals surface area contributed by atoms with Crippen molar-refractivity contribution in [2.45, 2.75) is 46.5 Å². The zero-order valence-electron chi connectivity index (χ0n) is 6.95. The molecule has 0 saturated carbocycles. The van der Waals surface area contributed by atoms with Gasteiger partial charge in [-0.1, -0.05) is 27.2 Å². The van der Waals surface area contributed by atoms with Crippen LogP contribution in [0.15, 0.2) is 0 Å². The average molecular weight is 150 g/mol. The zero-order chi connectivity index (χ0) is 8.20. The Bertz CT molecular complexity index is 87.3. The molecule has 2 heteroatoms. The second-order valence-electron chi connectivity index (χ2n) is 3.45. The number of rotatable bonds is 4. The summed E-state index contributed by atoms with van der Waals surface area (Å²) in [5, 5.41) is 0. The van der Waals surface area contributed by atoms with E-state index in [1.54, 1.807) is 0 Å². The molecule has 0 aliphatic rings. The van der Waals surface area contributed by atoms with Crippen LogP contribution < -0.4 is 0 Å². The van der Waals surface area contributed by atoms with Gasteiger partial charge >= 0.3 is 0 Å². The van der Waals surface area contributed by atoms with Gasteiger partial charge < -0.3 is 0 Å². The lowest BCUT2D eigenvalue weighted by molar-refractivity contribution is 0.115. The fourth-order valence-corrected chi connectivity index (χ4v) is 0.677. The van der Waals surface area contributed by atoms with Crippen LogP contribution in [0.3, 0.4) is 0 Å². The Kier molecular flexibility index (Phi) is 3.84. The van der Waals surface area contributed by atoms with Crippen molar-refractivity contribution in [3.8, 4) is 0 Å². The normalized spacial score (nSPS) is 12.6. The van der Waals surface area contributed by atoms with Crippen LogP contribution in [0.1, 0.15) is 40.0 Å². The highest BCUT2D eigenvalue weighted by atomic mass is 19.3. The van der Waals surface area contributed by atoms with Gasteiger partial charge in [-0.3, -0.25) is 0 Å². The van der Waals surface area contributed by atoms with Gasteiger partial charge in [-0.25, -0.2) is 8.78 Å². The molecule has 0 heterocycles. The molecular weight excluding hydrogens is 134 g/mol. The van der Waals surface area contributed by atoms with Gasteiger partial charge in [-0.15, -0.1) is 0 Å². The van der Waals surface area contributed by atoms with E-state index in [4.69, 9.17) is 0 Å². The van der Waals surface area contributed by atoms with E-state index < -0.39 is 6.43 Å². The van der Waals surface area contributed by atoms with Crippen molar-refractivity contribution in [3.05, 3.63) is 0 Å². The van der Waals surface area contributed by atoms with E-state index in [2.05, 4.69) is 0 Å². The van der Waals surface area contributed by atoms with Gasteiger partial charge in [0.25, 0.3) is 0 Å². The van der Waals surface area contributed by atoms with Crippen molar-refractivity contribution in [1.29, 1.82) is 0 Å². The molecule has 0 aromatic carbocycles. The maximum atomic E-state index is 11.7. The maximum Gasteiger partial charge on any atom is 0.238 e. The SMILES string of the molecule is CCC(C)(C)CCC(F)F. The van der Waals surface area contributed by atoms with E-state index in [-0.39, 0.29) is 11.8 Å². The monoisotopic (exact) mass is 150 g/mol. The molecule has 0 aromatic heterocycles. The minimum atomic E-state index is -2.13. The molecule has 10 heavy (non-hydrogen) atoms. The quantitative estimate of drug-likeness (QED) is 0.575. The molecule has 0 amide bonds. The summed E-state index contributed by atoms with van der Waals surface area (Å²) in [6.45, 7) is 6.08. The Balaban J connectivity index is 3.46. The first-order valence-electron chi connectivity index (χ1n) is 3.76. The summed E-state index contributed by atoms with van der Waals surface area (Å²) in [7, 11) is 0. The molecule has 0 bridgehead atoms. The molecule has 0 fully saturated rings. The third-order valence-electron chi connectivity index (χ3n) is 2.00. The molecule has 0 N–H and O–H groups in total. The Labute approximate surface area is 61.6 Å². The molecule has 0 aliphatic heterocycles. The third kappa shape index (κ3) is 4.71. The van der Waals surface area contributed by atoms with Crippen molar-refractivity contribution >= 4 is 0 Å². The molecule has 0 aliphatic carbocycles. The van der Waals surface area contributed by atoms with Crippen molar-refractivity contribution in [2.75, 3.05) is 0 Å². The average Bonchev–Trinajstić information content (AvgIpc) is 1.85. The van der Waals surface area contributed by atoms with Crippen LogP contribution in [0.25, 0.3) is 0 Å². The zero-order valence-corrected chi connectivity index (χ0v) is 6.95. The van der Waals surface area contributed by atoms with Crippen LogP contribution in [0.5, 0.6) is 0 Å². The van der Waals surface area contributed by atoms with Crippen LogP contribution in [0, 0.1) is 5.41 Å². The summed E-state index contributed by atoms with van der Waals surface area (Å²) in [4.78, 5) is 0. The van der Waals surface area contributed by atoms with E-state index in [9.17, 15) is 8.78 Å². The molecule has 0 saturated heterocycles. The molecule has 62 valence electrons. The van der Waals surface area contributed by atoms with Gasteiger partial charge in [0.15, 0.2) is 0 Å². The van der Waals surface area contributed by atoms with Crippen LogP contribution in [0.2, 0.25) is 0 Å². The Morgan fingerprint density at radius 2 is 1.80 bits per heavy atom. The van der Waals surface area contributed by atoms with Crippen molar-refractivity contribution in [2.24, 2.45) is 5.41 Å². The van der Waals surface area contributed by atoms with Gasteiger partial charge in [0, 0.05) is 6.42 Å². The minimum Gasteiger partial charge on any atom is -0.211 e. The van der Waals surface area contributed by atoms with Crippen molar-refractivity contribution in [3.63, 3.8) is 0 Å². The van der Waals surface area contributed by atoms with Gasteiger partial charge in [0.05, 0.1) is 0 Å². The number of halogens is 2. The second-order valence-corrected chi connectivity index (χ2v) is 3.45. The largest absolute Gasteiger partial charge is 0.238 e. The van der Waals surface area contributed by atoms with Crippen LogP contribution in [0.4, 0.5) is 8.78 Å². The molecule has 0 aromatic rings. The van der Waals surface area contributed by atoms with E-state index in [0.717, 1.165) is 6.42 Å². The number of hydrogen-bond donors (Lipinski definition) is 0. The first-order chi connectivity index (χ1) is 4.48. The molecule has 0 spiro atoms. The second kappa shape index (κ2) is 3.89. The lowest BCUT2D eigenvalue weighted by Crippen LogP contribution is -2.10. The van der Waals surface area contributed by atoms with Gasteiger partial charge in [0.1, 0.15) is 0 Å². The van der Waals surface area contributed by atoms with E-state index >= 15 is 0 Å². The van der Waals surface area contributed by atoms with Gasteiger partial charge in [-0.2, -0.15) is 0 Å². The van der Waals surface area contributed by atoms with Crippen LogP contribution in [-0.4, -0.2) is 6.43 Å². The first kappa shape index (κ1) is 9.86. The highest BCUT2D eigenvalue weighted by Gasteiger charge is 2.16. The first-order valence-corrected chi connectivity index (χ1v) is 3.76. The van der Waals surface area contributed by atoms with E-state index in [0.29, 0.717) is 6.42 Å². The smallest absolute Gasteiger partial charge is 0.211 e. The topological polar surface area (TPSA) is 0 Å². The Morgan fingerprint density at radius 3 is 2.10 bits per heavy atom. The Morgan fingerprint density at radius 1 is 1.30 bits per heavy atom. The van der Waals surface area contributed by atoms with Crippen LogP contribution in [-0.2, 0) is 0 Å². The lowest BCUT2D eigenvalue weighted by Gasteiger charge is -2.21. The summed E-state index contributed by atoms with van der Waals surface area (Å²) in [5.74, 6) is 0. The predicted molar refractivity (Wildman–Crippen MR) is 39.3 cm³/mol. The van der Waals surface area contributed by atoms with E-state index in [1.807, 2.05) is 20.8 Å². The number of alkyl halides is 2. The van der Waals surface area contributed by atoms with E-state index in [1.165, 1.54) is 0 Å². The molecule has 0 radical (unpaired) electrons. The van der Waals surface area contributed by atoms with Gasteiger partial charge in [-0.05, 0) is 11.8 Å². The maximum absolute atomic E-state index is 11.7. The minimum absolute atomic E-state index is 0.0425. The number of hydrogen-bond acceptors (Lipinski definition) is 0. The predicted octanol–water partition coefficient (Wildman–Crippen LogP) is 3.47. The fraction of sp³-hybridized carbons (Fsp3) is 1.00. The fourth-order valence-electron chi connectivity index (χ4n) is 0.677. The highest BCUT2D eigenvalue weighted by molar-refractivity contribution is 4.66. The van der Waals surface area contributed by atoms with Crippen molar-refractivity contribution in [1.82, 2.24) is 0 Å². The van der Waals surface area contributed by atoms with Crippen LogP contribution >= 0.6 is 0 Å². The standard InChI is InChI=1S/C8H16F2/c1-4-8(2,3)6-5-7(9)10/h7H,4-6H2,1-3H3. The molecule has 0 atom stereocenters. The molecule has 0 rings (SSSR count). The molecule has 0 unspecified atom stereocenters. The summed E-state index contributed by atoms with van der Waals surface area (Å²) in [6, 6.07) is 0. The summed E-state index contributed by atoms with van der Waals surface area (Å²) in [6.07, 6.45) is -0.493.